The normalized spacial score (nSPS) is 20.5. The summed E-state index contributed by atoms with van der Waals surface area (Å²) in [6.45, 7) is 3.58. The summed E-state index contributed by atoms with van der Waals surface area (Å²) < 4.78 is 11.2. The average molecular weight is 974 g/mol. The quantitative estimate of drug-likeness (QED) is 0.0261. The zero-order valence-corrected chi connectivity index (χ0v) is 43.7. The molecule has 70 heavy (non-hydrogen) atoms. The van der Waals surface area contributed by atoms with E-state index >= 15 is 0 Å². The summed E-state index contributed by atoms with van der Waals surface area (Å²) in [5, 5.41) is 54.1. The molecule has 0 saturated carbocycles. The van der Waals surface area contributed by atoms with Crippen LogP contribution in [0.5, 0.6) is 0 Å². The third-order valence-corrected chi connectivity index (χ3v) is 12.0. The van der Waals surface area contributed by atoms with Gasteiger partial charge in [-0.3, -0.25) is 4.79 Å². The second-order valence-corrected chi connectivity index (χ2v) is 18.3. The molecular formula is C61H99NO8. The van der Waals surface area contributed by atoms with Crippen LogP contribution in [0.4, 0.5) is 0 Å². The summed E-state index contributed by atoms with van der Waals surface area (Å²) in [4.78, 5) is 13.0. The van der Waals surface area contributed by atoms with E-state index in [1.165, 1.54) is 51.4 Å². The second kappa shape index (κ2) is 48.9. The highest BCUT2D eigenvalue weighted by atomic mass is 16.7. The average Bonchev–Trinajstić information content (AvgIpc) is 3.36. The van der Waals surface area contributed by atoms with Crippen LogP contribution < -0.4 is 5.32 Å². The molecule has 9 heteroatoms. The van der Waals surface area contributed by atoms with Crippen molar-refractivity contribution in [1.82, 2.24) is 5.32 Å². The summed E-state index contributed by atoms with van der Waals surface area (Å²) in [5.41, 5.74) is 0. The molecule has 0 spiro atoms. The van der Waals surface area contributed by atoms with Gasteiger partial charge in [0.2, 0.25) is 5.91 Å². The Labute approximate surface area is 426 Å². The molecule has 1 amide bonds. The van der Waals surface area contributed by atoms with Crippen molar-refractivity contribution in [2.75, 3.05) is 13.2 Å². The zero-order valence-electron chi connectivity index (χ0n) is 43.7. The van der Waals surface area contributed by atoms with E-state index in [9.17, 15) is 30.3 Å². The number of hydrogen-bond acceptors (Lipinski definition) is 8. The third-order valence-electron chi connectivity index (χ3n) is 12.0. The lowest BCUT2D eigenvalue weighted by atomic mass is 9.99. The van der Waals surface area contributed by atoms with Crippen molar-refractivity contribution < 1.29 is 39.8 Å². The Balaban J connectivity index is 2.12. The number of unbranched alkanes of at least 4 members (excludes halogenated alkanes) is 14. The Morgan fingerprint density at radius 2 is 0.886 bits per heavy atom. The van der Waals surface area contributed by atoms with E-state index in [0.717, 1.165) is 116 Å². The van der Waals surface area contributed by atoms with Gasteiger partial charge in [-0.2, -0.15) is 0 Å². The maximum Gasteiger partial charge on any atom is 0.220 e. The number of amides is 1. The van der Waals surface area contributed by atoms with Crippen LogP contribution in [0.2, 0.25) is 0 Å². The highest BCUT2D eigenvalue weighted by Crippen LogP contribution is 2.22. The highest BCUT2D eigenvalue weighted by Gasteiger charge is 2.44. The second-order valence-electron chi connectivity index (χ2n) is 18.3. The van der Waals surface area contributed by atoms with Crippen LogP contribution in [0.25, 0.3) is 0 Å². The summed E-state index contributed by atoms with van der Waals surface area (Å²) in [7, 11) is 0. The minimum absolute atomic E-state index is 0.196. The van der Waals surface area contributed by atoms with Gasteiger partial charge in [-0.05, 0) is 96.3 Å². The number of nitrogens with one attached hydrogen (secondary N) is 1. The molecular weight excluding hydrogens is 875 g/mol. The minimum Gasteiger partial charge on any atom is -0.394 e. The summed E-state index contributed by atoms with van der Waals surface area (Å²) in [6, 6.07) is -0.816. The Bertz CT molecular complexity index is 1550. The van der Waals surface area contributed by atoms with Gasteiger partial charge in [0.25, 0.3) is 0 Å². The SMILES string of the molecule is CC/C=C\C/C=C\C/C=C\C/C=C\C/C=C\C/C=C\C/C=C\C/C=C\C/C=C\C/C=C\CCCCCCCCCCC(=O)NC(COC1OC(CO)C(O)C(O)C1O)C(O)/C=C/CCCCCCCC. The Morgan fingerprint density at radius 1 is 0.500 bits per heavy atom. The first-order chi connectivity index (χ1) is 34.3. The lowest BCUT2D eigenvalue weighted by Gasteiger charge is -2.40. The number of aliphatic hydroxyl groups is 5. The van der Waals surface area contributed by atoms with Gasteiger partial charge < -0.3 is 40.3 Å². The van der Waals surface area contributed by atoms with Gasteiger partial charge >= 0.3 is 0 Å². The van der Waals surface area contributed by atoms with Gasteiger partial charge in [-0.1, -0.05) is 218 Å². The van der Waals surface area contributed by atoms with E-state index < -0.39 is 49.5 Å². The molecule has 396 valence electrons. The molecule has 0 aromatic carbocycles. The highest BCUT2D eigenvalue weighted by molar-refractivity contribution is 5.76. The molecule has 1 aliphatic heterocycles. The van der Waals surface area contributed by atoms with Crippen LogP contribution >= 0.6 is 0 Å². The van der Waals surface area contributed by atoms with Crippen molar-refractivity contribution >= 4 is 5.91 Å². The maximum absolute atomic E-state index is 13.0. The number of ether oxygens (including phenoxy) is 2. The largest absolute Gasteiger partial charge is 0.394 e. The van der Waals surface area contributed by atoms with E-state index in [4.69, 9.17) is 9.47 Å². The molecule has 1 fully saturated rings. The number of allylic oxidation sites excluding steroid dienone is 21. The molecule has 7 atom stereocenters. The lowest BCUT2D eigenvalue weighted by Crippen LogP contribution is -2.60. The molecule has 6 N–H and O–H groups in total. The molecule has 1 heterocycles. The molecule has 0 bridgehead atoms. The van der Waals surface area contributed by atoms with Crippen molar-refractivity contribution in [2.45, 2.75) is 230 Å². The Kier molecular flexibility index (Phi) is 45.0. The number of carbonyl (C=O) groups excluding carboxylic acids is 1. The van der Waals surface area contributed by atoms with E-state index in [0.29, 0.717) is 6.42 Å². The summed E-state index contributed by atoms with van der Waals surface area (Å²) >= 11 is 0. The Morgan fingerprint density at radius 3 is 1.31 bits per heavy atom. The fourth-order valence-corrected chi connectivity index (χ4v) is 7.65. The molecule has 7 unspecified atom stereocenters. The first-order valence-corrected chi connectivity index (χ1v) is 27.4. The van der Waals surface area contributed by atoms with Gasteiger partial charge in [0.1, 0.15) is 24.4 Å². The minimum atomic E-state index is -1.57. The van der Waals surface area contributed by atoms with Crippen LogP contribution in [0.1, 0.15) is 187 Å². The van der Waals surface area contributed by atoms with Gasteiger partial charge in [0.15, 0.2) is 6.29 Å². The van der Waals surface area contributed by atoms with Crippen molar-refractivity contribution in [1.29, 1.82) is 0 Å². The van der Waals surface area contributed by atoms with Crippen molar-refractivity contribution in [3.05, 3.63) is 134 Å². The smallest absolute Gasteiger partial charge is 0.220 e. The van der Waals surface area contributed by atoms with E-state index in [1.54, 1.807) is 6.08 Å². The summed E-state index contributed by atoms with van der Waals surface area (Å²) in [6.07, 6.45) is 68.2. The lowest BCUT2D eigenvalue weighted by molar-refractivity contribution is -0.302. The van der Waals surface area contributed by atoms with Crippen LogP contribution in [0, 0.1) is 0 Å². The first kappa shape index (κ1) is 64.3. The molecule has 1 aliphatic rings. The predicted octanol–water partition coefficient (Wildman–Crippen LogP) is 13.3. The van der Waals surface area contributed by atoms with Gasteiger partial charge in [0.05, 0.1) is 25.4 Å². The van der Waals surface area contributed by atoms with Gasteiger partial charge in [-0.15, -0.1) is 0 Å². The van der Waals surface area contributed by atoms with Gasteiger partial charge in [0, 0.05) is 6.42 Å². The van der Waals surface area contributed by atoms with Crippen molar-refractivity contribution in [2.24, 2.45) is 0 Å². The number of carbonyl (C=O) groups is 1. The maximum atomic E-state index is 13.0. The van der Waals surface area contributed by atoms with Crippen LogP contribution in [0.15, 0.2) is 134 Å². The van der Waals surface area contributed by atoms with E-state index in [-0.39, 0.29) is 12.5 Å². The molecule has 0 aromatic rings. The molecule has 0 aromatic heterocycles. The molecule has 1 rings (SSSR count). The standard InChI is InChI=1S/C61H99NO8/c1-3-5-7-9-11-13-14-15-16-17-18-19-20-21-22-23-24-25-26-27-28-29-30-31-32-33-34-35-36-37-38-39-40-41-42-43-45-47-49-51-57(65)62-54(55(64)50-48-46-44-12-10-8-6-4-2)53-69-61-60(68)59(67)58(66)56(52-63)70-61/h5,7,11,13,15-16,18-19,21-22,24-25,27-28,30-31,33-34,36-37,48,50,54-56,58-61,63-64,66-68H,3-4,6,8-10,12,14,17,20,23,26,29,32,35,38-47,49,51-53H2,1-2H3,(H,62,65)/b7-5-,13-11-,16-15-,19-18-,22-21-,25-24-,28-27-,31-30-,34-33-,37-36-,50-48+. The summed E-state index contributed by atoms with van der Waals surface area (Å²) in [5.74, 6) is -0.196. The fourth-order valence-electron chi connectivity index (χ4n) is 7.65. The van der Waals surface area contributed by atoms with Crippen molar-refractivity contribution in [3.63, 3.8) is 0 Å². The number of hydrogen-bond donors (Lipinski definition) is 6. The fraction of sp³-hybridized carbons (Fsp3) is 0.623. The van der Waals surface area contributed by atoms with Gasteiger partial charge in [-0.25, -0.2) is 0 Å². The molecule has 0 radical (unpaired) electrons. The van der Waals surface area contributed by atoms with E-state index in [1.807, 2.05) is 6.08 Å². The molecule has 9 nitrogen and oxygen atoms in total. The van der Waals surface area contributed by atoms with Crippen LogP contribution in [-0.2, 0) is 14.3 Å². The van der Waals surface area contributed by atoms with Crippen LogP contribution in [0.3, 0.4) is 0 Å². The van der Waals surface area contributed by atoms with Crippen molar-refractivity contribution in [3.8, 4) is 0 Å². The van der Waals surface area contributed by atoms with E-state index in [2.05, 4.69) is 141 Å². The predicted molar refractivity (Wildman–Crippen MR) is 294 cm³/mol. The number of aliphatic hydroxyl groups excluding tert-OH is 5. The first-order valence-electron chi connectivity index (χ1n) is 27.4. The zero-order chi connectivity index (χ0) is 50.8. The molecule has 1 saturated heterocycles. The molecule has 0 aliphatic carbocycles. The Hall–Kier alpha value is -3.67. The third kappa shape index (κ3) is 38.1. The monoisotopic (exact) mass is 974 g/mol. The topological polar surface area (TPSA) is 149 Å². The number of rotatable bonds is 44. The van der Waals surface area contributed by atoms with Crippen LogP contribution in [-0.4, -0.2) is 87.5 Å².